The first-order chi connectivity index (χ1) is 25.2. The van der Waals surface area contributed by atoms with Crippen LogP contribution in [-0.2, 0) is 0 Å². The molecule has 0 bridgehead atoms. The van der Waals surface area contributed by atoms with E-state index in [1.54, 1.807) is 22.7 Å². The van der Waals surface area contributed by atoms with E-state index in [0.29, 0.717) is 5.25 Å². The van der Waals surface area contributed by atoms with Crippen LogP contribution in [0, 0.1) is 41.5 Å². The summed E-state index contributed by atoms with van der Waals surface area (Å²) < 4.78 is 2.42. The van der Waals surface area contributed by atoms with Crippen molar-refractivity contribution in [2.45, 2.75) is 52.8 Å². The van der Waals surface area contributed by atoms with Crippen LogP contribution < -0.4 is 4.90 Å². The summed E-state index contributed by atoms with van der Waals surface area (Å²) in [4.78, 5) is 17.7. The molecule has 2 atom stereocenters. The Kier molecular flexibility index (Phi) is 8.26. The Labute approximate surface area is 317 Å². The summed E-state index contributed by atoms with van der Waals surface area (Å²) >= 11 is 5.40. The number of thiazole rings is 2. The van der Waals surface area contributed by atoms with E-state index in [4.69, 9.17) is 15.0 Å². The van der Waals surface area contributed by atoms with Crippen molar-refractivity contribution in [2.75, 3.05) is 4.90 Å². The molecule has 0 spiro atoms. The maximum atomic E-state index is 5.15. The van der Waals surface area contributed by atoms with E-state index in [1.165, 1.54) is 76.5 Å². The van der Waals surface area contributed by atoms with Crippen molar-refractivity contribution >= 4 is 77.0 Å². The van der Waals surface area contributed by atoms with Crippen molar-refractivity contribution in [1.29, 1.82) is 0 Å². The second-order valence-electron chi connectivity index (χ2n) is 13.9. The minimum atomic E-state index is 0.208. The zero-order valence-electron chi connectivity index (χ0n) is 30.1. The number of aromatic nitrogens is 2. The van der Waals surface area contributed by atoms with E-state index in [-0.39, 0.29) is 6.04 Å². The smallest absolute Gasteiger partial charge is 0.124 e. The number of para-hydroxylation sites is 2. The van der Waals surface area contributed by atoms with Gasteiger partial charge in [-0.05, 0) is 136 Å². The molecule has 1 aliphatic heterocycles. The van der Waals surface area contributed by atoms with Crippen molar-refractivity contribution in [3.8, 4) is 21.1 Å². The molecule has 5 aromatic carbocycles. The molecule has 2 aromatic heterocycles. The topological polar surface area (TPSA) is 41.4 Å². The number of aryl methyl sites for hydroxylation is 6. The van der Waals surface area contributed by atoms with E-state index >= 15 is 0 Å². The van der Waals surface area contributed by atoms with Gasteiger partial charge in [0.25, 0.3) is 0 Å². The molecule has 2 unspecified atom stereocenters. The van der Waals surface area contributed by atoms with Gasteiger partial charge in [0.15, 0.2) is 0 Å². The average molecular weight is 731 g/mol. The Morgan fingerprint density at radius 1 is 0.519 bits per heavy atom. The summed E-state index contributed by atoms with van der Waals surface area (Å²) in [6.07, 6.45) is 8.75. The highest BCUT2D eigenvalue weighted by molar-refractivity contribution is 8.15. The van der Waals surface area contributed by atoms with Crippen LogP contribution in [0.3, 0.4) is 0 Å². The van der Waals surface area contributed by atoms with Crippen molar-refractivity contribution in [1.82, 2.24) is 9.97 Å². The zero-order valence-corrected chi connectivity index (χ0v) is 32.5. The number of aliphatic imine (C=N–C) groups is 1. The van der Waals surface area contributed by atoms with E-state index < -0.39 is 0 Å². The number of rotatable bonds is 6. The van der Waals surface area contributed by atoms with Crippen molar-refractivity contribution in [3.05, 3.63) is 148 Å². The van der Waals surface area contributed by atoms with E-state index in [2.05, 4.69) is 156 Å². The van der Waals surface area contributed by atoms with Gasteiger partial charge >= 0.3 is 0 Å². The van der Waals surface area contributed by atoms with Crippen LogP contribution in [0.5, 0.6) is 0 Å². The van der Waals surface area contributed by atoms with Crippen LogP contribution in [0.1, 0.15) is 38.9 Å². The molecule has 4 nitrogen and oxygen atoms in total. The number of benzene rings is 5. The highest BCUT2D eigenvalue weighted by atomic mass is 32.2. The first-order valence-corrected chi connectivity index (χ1v) is 20.2. The lowest BCUT2D eigenvalue weighted by atomic mass is 9.97. The highest BCUT2D eigenvalue weighted by Gasteiger charge is 2.30. The second kappa shape index (κ2) is 13.0. The predicted molar refractivity (Wildman–Crippen MR) is 227 cm³/mol. The fourth-order valence-corrected chi connectivity index (χ4v) is 10.8. The van der Waals surface area contributed by atoms with Gasteiger partial charge in [-0.3, -0.25) is 4.99 Å². The largest absolute Gasteiger partial charge is 0.310 e. The molecule has 1 aliphatic carbocycles. The van der Waals surface area contributed by atoms with Crippen molar-refractivity contribution in [3.63, 3.8) is 0 Å². The molecule has 0 amide bonds. The van der Waals surface area contributed by atoms with Gasteiger partial charge in [-0.2, -0.15) is 0 Å². The summed E-state index contributed by atoms with van der Waals surface area (Å²) in [6.45, 7) is 13.4. The second-order valence-corrected chi connectivity index (χ2v) is 17.2. The Balaban J connectivity index is 1.19. The van der Waals surface area contributed by atoms with Gasteiger partial charge in [0.1, 0.15) is 10.0 Å². The number of thioether (sulfide) groups is 1. The Morgan fingerprint density at radius 2 is 0.981 bits per heavy atom. The molecule has 7 aromatic rings. The molecule has 7 heteroatoms. The minimum absolute atomic E-state index is 0.208. The monoisotopic (exact) mass is 730 g/mol. The number of fused-ring (bicyclic) bond motifs is 3. The number of hydrogen-bond acceptors (Lipinski definition) is 7. The molecular formula is C45H38N4S3. The maximum Gasteiger partial charge on any atom is 0.124 e. The van der Waals surface area contributed by atoms with Gasteiger partial charge in [-0.25, -0.2) is 9.97 Å². The van der Waals surface area contributed by atoms with E-state index in [1.807, 2.05) is 11.8 Å². The third kappa shape index (κ3) is 5.72. The molecule has 2 aliphatic rings. The zero-order chi connectivity index (χ0) is 35.7. The standard InChI is InChI=1S/C45H38N4S3/c1-25-22-37(28(4)19-31(25)43-46-34-13-7-10-16-40(34)50-43)49(38-23-26(2)32(20-29(38)5)44-47-35-14-8-11-17-41(35)51-44)39-24-27(3)33(21-30(39)6)45-48-36-15-9-12-18-42(36)52-45/h7-24,34,40H,1-6H3. The number of nitrogens with zero attached hydrogens (tertiary/aromatic N) is 4. The summed E-state index contributed by atoms with van der Waals surface area (Å²) in [5, 5.41) is 3.62. The minimum Gasteiger partial charge on any atom is -0.310 e. The summed E-state index contributed by atoms with van der Waals surface area (Å²) in [5.74, 6) is 0. The Bertz CT molecular complexity index is 2460. The quantitative estimate of drug-likeness (QED) is 0.171. The maximum absolute atomic E-state index is 5.15. The first kappa shape index (κ1) is 33.0. The number of allylic oxidation sites excluding steroid dienone is 2. The molecule has 256 valence electrons. The lowest BCUT2D eigenvalue weighted by Gasteiger charge is -2.32. The van der Waals surface area contributed by atoms with Gasteiger partial charge in [0, 0.05) is 33.8 Å². The van der Waals surface area contributed by atoms with Crippen LogP contribution >= 0.6 is 34.4 Å². The predicted octanol–water partition coefficient (Wildman–Crippen LogP) is 12.9. The fourth-order valence-electron chi connectivity index (χ4n) is 7.41. The van der Waals surface area contributed by atoms with Crippen LogP contribution in [0.15, 0.2) is 114 Å². The van der Waals surface area contributed by atoms with E-state index in [9.17, 15) is 0 Å². The van der Waals surface area contributed by atoms with Crippen molar-refractivity contribution < 1.29 is 0 Å². The molecule has 3 heterocycles. The number of hydrogen-bond donors (Lipinski definition) is 0. The lowest BCUT2D eigenvalue weighted by molar-refractivity contribution is 0.862. The number of anilines is 3. The van der Waals surface area contributed by atoms with Crippen LogP contribution in [-0.4, -0.2) is 26.3 Å². The summed E-state index contributed by atoms with van der Waals surface area (Å²) in [5.41, 5.74) is 16.5. The van der Waals surface area contributed by atoms with Gasteiger partial charge in [0.05, 0.1) is 36.8 Å². The van der Waals surface area contributed by atoms with Crippen molar-refractivity contribution in [2.24, 2.45) is 4.99 Å². The lowest BCUT2D eigenvalue weighted by Crippen LogP contribution is -2.16. The Hall–Kier alpha value is -4.82. The van der Waals surface area contributed by atoms with Crippen LogP contribution in [0.4, 0.5) is 17.1 Å². The third-order valence-corrected chi connectivity index (χ3v) is 13.6. The molecule has 0 radical (unpaired) electrons. The van der Waals surface area contributed by atoms with E-state index in [0.717, 1.165) is 26.1 Å². The molecule has 9 rings (SSSR count). The molecule has 0 fully saturated rings. The molecule has 0 saturated carbocycles. The van der Waals surface area contributed by atoms with Crippen LogP contribution in [0.25, 0.3) is 41.6 Å². The molecule has 52 heavy (non-hydrogen) atoms. The normalized spacial score (nSPS) is 16.5. The van der Waals surface area contributed by atoms with Gasteiger partial charge in [-0.15, -0.1) is 22.7 Å². The highest BCUT2D eigenvalue weighted by Crippen LogP contribution is 2.46. The summed E-state index contributed by atoms with van der Waals surface area (Å²) in [6, 6.07) is 31.1. The fraction of sp³-hybridized carbons (Fsp3) is 0.178. The van der Waals surface area contributed by atoms with Crippen LogP contribution in [0.2, 0.25) is 0 Å². The summed E-state index contributed by atoms with van der Waals surface area (Å²) in [7, 11) is 0. The first-order valence-electron chi connectivity index (χ1n) is 17.7. The third-order valence-electron chi connectivity index (χ3n) is 10.2. The molecular weight excluding hydrogens is 693 g/mol. The average Bonchev–Trinajstić information content (AvgIpc) is 3.89. The van der Waals surface area contributed by atoms with Gasteiger partial charge in [-0.1, -0.05) is 60.3 Å². The SMILES string of the molecule is Cc1cc(N(c2cc(C)c(-c3nc4ccccc4s3)cc2C)c2cc(C)c(-c3nc4ccccc4s3)cc2C)c(C)cc1C1=NC2C=CC=CC2S1. The molecule has 0 N–H and O–H groups in total. The Morgan fingerprint density at radius 3 is 1.48 bits per heavy atom. The molecule has 0 saturated heterocycles. The van der Waals surface area contributed by atoms with Gasteiger partial charge < -0.3 is 4.90 Å². The van der Waals surface area contributed by atoms with Gasteiger partial charge in [0.2, 0.25) is 0 Å².